The van der Waals surface area contributed by atoms with Gasteiger partial charge in [-0.3, -0.25) is 9.59 Å². The SMILES string of the molecule is CCSC1=C(c2ccccc2)C(=O)N(c2ccc(C(F)(F)F)cc2)C1=O. The Morgan fingerprint density at radius 1 is 0.923 bits per heavy atom. The van der Waals surface area contributed by atoms with Gasteiger partial charge < -0.3 is 0 Å². The molecular formula is C19H14F3NO2S. The van der Waals surface area contributed by atoms with Crippen molar-refractivity contribution in [2.24, 2.45) is 0 Å². The van der Waals surface area contributed by atoms with Gasteiger partial charge in [0.05, 0.1) is 21.7 Å². The quantitative estimate of drug-likeness (QED) is 0.722. The van der Waals surface area contributed by atoms with Crippen molar-refractivity contribution in [2.45, 2.75) is 13.1 Å². The van der Waals surface area contributed by atoms with Gasteiger partial charge in [0.15, 0.2) is 0 Å². The van der Waals surface area contributed by atoms with E-state index in [0.717, 1.165) is 29.2 Å². The first-order chi connectivity index (χ1) is 12.3. The fourth-order valence-corrected chi connectivity index (χ4v) is 3.53. The van der Waals surface area contributed by atoms with Crippen molar-refractivity contribution in [2.75, 3.05) is 10.7 Å². The maximum atomic E-state index is 12.9. The lowest BCUT2D eigenvalue weighted by Gasteiger charge is -2.16. The Hall–Kier alpha value is -2.54. The fourth-order valence-electron chi connectivity index (χ4n) is 2.68. The molecule has 0 fully saturated rings. The monoisotopic (exact) mass is 377 g/mol. The maximum absolute atomic E-state index is 12.9. The van der Waals surface area contributed by atoms with Crippen LogP contribution in [0, 0.1) is 0 Å². The number of amides is 2. The van der Waals surface area contributed by atoms with Crippen LogP contribution in [0.25, 0.3) is 5.57 Å². The molecule has 0 aliphatic carbocycles. The van der Waals surface area contributed by atoms with Gasteiger partial charge in [0.1, 0.15) is 0 Å². The molecule has 1 aliphatic rings. The van der Waals surface area contributed by atoms with E-state index in [-0.39, 0.29) is 11.3 Å². The number of anilines is 1. The van der Waals surface area contributed by atoms with E-state index in [1.165, 1.54) is 11.8 Å². The van der Waals surface area contributed by atoms with E-state index < -0.39 is 23.6 Å². The number of rotatable bonds is 4. The molecule has 2 aromatic carbocycles. The Kier molecular flexibility index (Phi) is 4.91. The third kappa shape index (κ3) is 3.26. The van der Waals surface area contributed by atoms with E-state index in [0.29, 0.717) is 16.2 Å². The molecule has 0 bridgehead atoms. The number of halogens is 3. The number of nitrogens with zero attached hydrogens (tertiary/aromatic N) is 1. The Morgan fingerprint density at radius 3 is 2.08 bits per heavy atom. The zero-order chi connectivity index (χ0) is 18.9. The molecule has 1 aliphatic heterocycles. The van der Waals surface area contributed by atoms with Gasteiger partial charge in [-0.05, 0) is 35.6 Å². The molecular weight excluding hydrogens is 363 g/mol. The average molecular weight is 377 g/mol. The van der Waals surface area contributed by atoms with Crippen LogP contribution < -0.4 is 4.90 Å². The Balaban J connectivity index is 2.02. The van der Waals surface area contributed by atoms with Gasteiger partial charge in [-0.2, -0.15) is 13.2 Å². The summed E-state index contributed by atoms with van der Waals surface area (Å²) in [5.74, 6) is -0.455. The van der Waals surface area contributed by atoms with Crippen LogP contribution in [0.1, 0.15) is 18.1 Å². The first kappa shape index (κ1) is 18.3. The number of alkyl halides is 3. The smallest absolute Gasteiger partial charge is 0.268 e. The zero-order valence-corrected chi connectivity index (χ0v) is 14.5. The minimum absolute atomic E-state index is 0.119. The van der Waals surface area contributed by atoms with E-state index in [1.54, 1.807) is 30.3 Å². The van der Waals surface area contributed by atoms with Gasteiger partial charge in [0.2, 0.25) is 0 Å². The summed E-state index contributed by atoms with van der Waals surface area (Å²) < 4.78 is 38.2. The Morgan fingerprint density at radius 2 is 1.54 bits per heavy atom. The van der Waals surface area contributed by atoms with Crippen LogP contribution in [0.2, 0.25) is 0 Å². The topological polar surface area (TPSA) is 37.4 Å². The van der Waals surface area contributed by atoms with Crippen LogP contribution in [0.15, 0.2) is 59.5 Å². The first-order valence-corrected chi connectivity index (χ1v) is 8.81. The number of carbonyl (C=O) groups excluding carboxylic acids is 2. The Labute approximate surface area is 152 Å². The molecule has 0 radical (unpaired) electrons. The zero-order valence-electron chi connectivity index (χ0n) is 13.7. The second-order valence-electron chi connectivity index (χ2n) is 5.49. The van der Waals surface area contributed by atoms with Crippen LogP contribution in [0.5, 0.6) is 0 Å². The number of hydrogen-bond acceptors (Lipinski definition) is 3. The minimum atomic E-state index is -4.48. The summed E-state index contributed by atoms with van der Waals surface area (Å²) >= 11 is 1.25. The highest BCUT2D eigenvalue weighted by Crippen LogP contribution is 2.39. The second kappa shape index (κ2) is 6.99. The van der Waals surface area contributed by atoms with Gasteiger partial charge in [-0.1, -0.05) is 37.3 Å². The fraction of sp³-hybridized carbons (Fsp3) is 0.158. The molecule has 134 valence electrons. The summed E-state index contributed by atoms with van der Waals surface area (Å²) in [6.07, 6.45) is -4.48. The lowest BCUT2D eigenvalue weighted by molar-refractivity contribution is -0.137. The van der Waals surface area contributed by atoms with E-state index in [4.69, 9.17) is 0 Å². The third-order valence-corrected chi connectivity index (χ3v) is 4.80. The number of carbonyl (C=O) groups is 2. The second-order valence-corrected chi connectivity index (χ2v) is 6.77. The molecule has 0 N–H and O–H groups in total. The third-order valence-electron chi connectivity index (χ3n) is 3.85. The average Bonchev–Trinajstić information content (AvgIpc) is 2.86. The lowest BCUT2D eigenvalue weighted by atomic mass is 10.1. The van der Waals surface area contributed by atoms with Crippen LogP contribution in [0.4, 0.5) is 18.9 Å². The predicted molar refractivity (Wildman–Crippen MR) is 95.4 cm³/mol. The molecule has 2 aromatic rings. The van der Waals surface area contributed by atoms with Crippen molar-refractivity contribution in [1.29, 1.82) is 0 Å². The summed E-state index contributed by atoms with van der Waals surface area (Å²) in [7, 11) is 0. The molecule has 26 heavy (non-hydrogen) atoms. The molecule has 0 saturated heterocycles. The van der Waals surface area contributed by atoms with E-state index >= 15 is 0 Å². The van der Waals surface area contributed by atoms with E-state index in [9.17, 15) is 22.8 Å². The molecule has 0 spiro atoms. The summed E-state index contributed by atoms with van der Waals surface area (Å²) in [6.45, 7) is 1.86. The number of hydrogen-bond donors (Lipinski definition) is 0. The van der Waals surface area contributed by atoms with Crippen molar-refractivity contribution < 1.29 is 22.8 Å². The van der Waals surface area contributed by atoms with Crippen LogP contribution >= 0.6 is 11.8 Å². The lowest BCUT2D eigenvalue weighted by Crippen LogP contribution is -2.31. The predicted octanol–water partition coefficient (Wildman–Crippen LogP) is 4.74. The normalized spacial score (nSPS) is 15.2. The molecule has 3 rings (SSSR count). The Bertz CT molecular complexity index is 874. The van der Waals surface area contributed by atoms with Crippen molar-refractivity contribution in [3.05, 3.63) is 70.6 Å². The summed E-state index contributed by atoms with van der Waals surface area (Å²) in [6, 6.07) is 12.8. The first-order valence-electron chi connectivity index (χ1n) is 7.83. The number of thioether (sulfide) groups is 1. The largest absolute Gasteiger partial charge is 0.416 e. The van der Waals surface area contributed by atoms with Gasteiger partial charge in [-0.15, -0.1) is 11.8 Å². The maximum Gasteiger partial charge on any atom is 0.416 e. The molecule has 0 unspecified atom stereocenters. The van der Waals surface area contributed by atoms with Crippen molar-refractivity contribution >= 4 is 34.8 Å². The molecule has 0 saturated carbocycles. The molecule has 3 nitrogen and oxygen atoms in total. The van der Waals surface area contributed by atoms with Gasteiger partial charge >= 0.3 is 6.18 Å². The van der Waals surface area contributed by atoms with E-state index in [2.05, 4.69) is 0 Å². The van der Waals surface area contributed by atoms with Crippen LogP contribution in [-0.4, -0.2) is 17.6 Å². The van der Waals surface area contributed by atoms with Crippen LogP contribution in [0.3, 0.4) is 0 Å². The standard InChI is InChI=1S/C19H14F3NO2S/c1-2-26-16-15(12-6-4-3-5-7-12)17(24)23(18(16)25)14-10-8-13(9-11-14)19(20,21)22/h3-11H,2H2,1H3. The molecule has 2 amide bonds. The molecule has 0 atom stereocenters. The summed E-state index contributed by atoms with van der Waals surface area (Å²) in [5.41, 5.74) is 0.173. The highest BCUT2D eigenvalue weighted by molar-refractivity contribution is 8.04. The molecule has 0 aromatic heterocycles. The van der Waals surface area contributed by atoms with Gasteiger partial charge in [0.25, 0.3) is 11.8 Å². The van der Waals surface area contributed by atoms with Crippen molar-refractivity contribution in [1.82, 2.24) is 0 Å². The number of benzene rings is 2. The highest BCUT2D eigenvalue weighted by atomic mass is 32.2. The summed E-state index contributed by atoms with van der Waals surface area (Å²) in [4.78, 5) is 26.9. The minimum Gasteiger partial charge on any atom is -0.268 e. The summed E-state index contributed by atoms with van der Waals surface area (Å²) in [5, 5.41) is 0. The molecule has 1 heterocycles. The molecule has 7 heteroatoms. The van der Waals surface area contributed by atoms with Gasteiger partial charge in [0, 0.05) is 0 Å². The number of imide groups is 1. The van der Waals surface area contributed by atoms with Crippen molar-refractivity contribution in [3.8, 4) is 0 Å². The van der Waals surface area contributed by atoms with Crippen molar-refractivity contribution in [3.63, 3.8) is 0 Å². The van der Waals surface area contributed by atoms with E-state index in [1.807, 2.05) is 6.92 Å². The van der Waals surface area contributed by atoms with Gasteiger partial charge in [-0.25, -0.2) is 4.90 Å². The van der Waals surface area contributed by atoms with Crippen LogP contribution in [-0.2, 0) is 15.8 Å². The highest BCUT2D eigenvalue weighted by Gasteiger charge is 2.40.